The number of fused-ring (bicyclic) bond motifs is 3. The Hall–Kier alpha value is -7.42. The molecule has 0 atom stereocenters. The van der Waals surface area contributed by atoms with Gasteiger partial charge in [0.15, 0.2) is 0 Å². The predicted octanol–water partition coefficient (Wildman–Crippen LogP) is 14.9. The zero-order valence-electron chi connectivity index (χ0n) is 30.8. The maximum atomic E-state index is 2.46. The van der Waals surface area contributed by atoms with Crippen molar-refractivity contribution in [1.29, 1.82) is 0 Å². The molecule has 0 fully saturated rings. The second-order valence-corrected chi connectivity index (χ2v) is 14.1. The van der Waals surface area contributed by atoms with Crippen LogP contribution in [-0.4, -0.2) is 4.57 Å². The highest BCUT2D eigenvalue weighted by Gasteiger charge is 2.22. The van der Waals surface area contributed by atoms with Crippen LogP contribution in [0.5, 0.6) is 0 Å². The number of benzene rings is 9. The largest absolute Gasteiger partial charge is 0.310 e. The van der Waals surface area contributed by atoms with Crippen LogP contribution >= 0.6 is 0 Å². The van der Waals surface area contributed by atoms with Crippen LogP contribution in [0.3, 0.4) is 0 Å². The van der Waals surface area contributed by atoms with Gasteiger partial charge in [-0.25, -0.2) is 0 Å². The summed E-state index contributed by atoms with van der Waals surface area (Å²) in [5.41, 5.74) is 16.4. The van der Waals surface area contributed by atoms with Crippen molar-refractivity contribution < 1.29 is 0 Å². The second kappa shape index (κ2) is 14.4. The number of anilines is 3. The van der Waals surface area contributed by atoms with Gasteiger partial charge in [-0.1, -0.05) is 176 Å². The second-order valence-electron chi connectivity index (χ2n) is 14.1. The normalized spacial score (nSPS) is 11.2. The third-order valence-electron chi connectivity index (χ3n) is 10.8. The molecule has 9 aromatic carbocycles. The molecule has 1 aromatic heterocycles. The number of para-hydroxylation sites is 2. The van der Waals surface area contributed by atoms with Gasteiger partial charge in [0, 0.05) is 27.7 Å². The van der Waals surface area contributed by atoms with Gasteiger partial charge in [0.05, 0.1) is 22.4 Å². The summed E-state index contributed by atoms with van der Waals surface area (Å²) in [7, 11) is 0. The number of hydrogen-bond donors (Lipinski definition) is 0. The first kappa shape index (κ1) is 33.2. The summed E-state index contributed by atoms with van der Waals surface area (Å²) in [6.45, 7) is 0. The molecule has 0 saturated carbocycles. The smallest absolute Gasteiger partial charge is 0.0562 e. The summed E-state index contributed by atoms with van der Waals surface area (Å²) in [5, 5.41) is 2.41. The Morgan fingerprint density at radius 3 is 1.45 bits per heavy atom. The number of aromatic nitrogens is 1. The first-order valence-electron chi connectivity index (χ1n) is 19.2. The Kier molecular flexibility index (Phi) is 8.55. The van der Waals surface area contributed by atoms with Gasteiger partial charge in [-0.05, 0) is 93.5 Å². The van der Waals surface area contributed by atoms with Crippen LogP contribution in [0.25, 0.3) is 72.0 Å². The molecule has 0 amide bonds. The monoisotopic (exact) mass is 714 g/mol. The first-order valence-corrected chi connectivity index (χ1v) is 19.2. The van der Waals surface area contributed by atoms with Gasteiger partial charge >= 0.3 is 0 Å². The molecule has 0 aliphatic rings. The molecule has 0 bridgehead atoms. The van der Waals surface area contributed by atoms with Gasteiger partial charge < -0.3 is 9.47 Å². The number of rotatable bonds is 8. The molecule has 0 aliphatic carbocycles. The Morgan fingerprint density at radius 2 is 0.786 bits per heavy atom. The Balaban J connectivity index is 1.17. The number of hydrogen-bond acceptors (Lipinski definition) is 1. The van der Waals surface area contributed by atoms with Crippen molar-refractivity contribution in [3.05, 3.63) is 231 Å². The standard InChI is InChI=1S/C54H38N2/c1-5-18-39(19-6-1)43-34-37-51(49(38-43)41-22-9-3-10-23-41)56-50-29-16-15-28-48(50)54-52(30-17-31-53(54)56)55(44-24-11-4-12-25-44)45-35-32-42(33-36-45)47-27-14-13-26-46(47)40-20-7-2-8-21-40/h1-38H. The lowest BCUT2D eigenvalue weighted by Crippen LogP contribution is -2.10. The van der Waals surface area contributed by atoms with E-state index in [-0.39, 0.29) is 0 Å². The molecule has 2 heteroatoms. The third kappa shape index (κ3) is 5.95. The van der Waals surface area contributed by atoms with Gasteiger partial charge in [-0.2, -0.15) is 0 Å². The lowest BCUT2D eigenvalue weighted by atomic mass is 9.94. The maximum Gasteiger partial charge on any atom is 0.0562 e. The van der Waals surface area contributed by atoms with Crippen LogP contribution in [0.15, 0.2) is 231 Å². The van der Waals surface area contributed by atoms with Crippen LogP contribution in [0.2, 0.25) is 0 Å². The highest BCUT2D eigenvalue weighted by atomic mass is 15.1. The average Bonchev–Trinajstić information content (AvgIpc) is 3.63. The van der Waals surface area contributed by atoms with Crippen molar-refractivity contribution in [3.63, 3.8) is 0 Å². The molecule has 10 rings (SSSR count). The molecule has 56 heavy (non-hydrogen) atoms. The van der Waals surface area contributed by atoms with E-state index in [1.54, 1.807) is 0 Å². The van der Waals surface area contributed by atoms with Crippen molar-refractivity contribution in [1.82, 2.24) is 4.57 Å². The minimum Gasteiger partial charge on any atom is -0.310 e. The van der Waals surface area contributed by atoms with Gasteiger partial charge in [-0.15, -0.1) is 0 Å². The van der Waals surface area contributed by atoms with E-state index in [2.05, 4.69) is 240 Å². The maximum absolute atomic E-state index is 2.46. The predicted molar refractivity (Wildman–Crippen MR) is 237 cm³/mol. The Bertz CT molecular complexity index is 2930. The molecule has 0 spiro atoms. The van der Waals surface area contributed by atoms with E-state index in [9.17, 15) is 0 Å². The fourth-order valence-corrected chi connectivity index (χ4v) is 8.24. The molecule has 0 saturated heterocycles. The molecule has 10 aromatic rings. The minimum absolute atomic E-state index is 1.10. The lowest BCUT2D eigenvalue weighted by molar-refractivity contribution is 1.18. The fourth-order valence-electron chi connectivity index (χ4n) is 8.24. The van der Waals surface area contributed by atoms with Crippen LogP contribution in [-0.2, 0) is 0 Å². The molecule has 0 radical (unpaired) electrons. The molecule has 1 heterocycles. The SMILES string of the molecule is c1ccc(-c2ccc(-n3c4ccccc4c4c(N(c5ccccc5)c5ccc(-c6ccccc6-c6ccccc6)cc5)cccc43)c(-c3ccccc3)c2)cc1. The zero-order chi connectivity index (χ0) is 37.3. The topological polar surface area (TPSA) is 8.17 Å². The van der Waals surface area contributed by atoms with Gasteiger partial charge in [0.1, 0.15) is 0 Å². The Morgan fingerprint density at radius 1 is 0.304 bits per heavy atom. The van der Waals surface area contributed by atoms with Crippen molar-refractivity contribution in [3.8, 4) is 50.2 Å². The minimum atomic E-state index is 1.10. The van der Waals surface area contributed by atoms with Gasteiger partial charge in [0.2, 0.25) is 0 Å². The van der Waals surface area contributed by atoms with E-state index < -0.39 is 0 Å². The molecule has 0 unspecified atom stereocenters. The van der Waals surface area contributed by atoms with Crippen LogP contribution in [0, 0.1) is 0 Å². The molecular weight excluding hydrogens is 677 g/mol. The highest BCUT2D eigenvalue weighted by molar-refractivity contribution is 6.17. The van der Waals surface area contributed by atoms with E-state index in [0.717, 1.165) is 28.3 Å². The lowest BCUT2D eigenvalue weighted by Gasteiger charge is -2.27. The molecule has 2 nitrogen and oxygen atoms in total. The highest BCUT2D eigenvalue weighted by Crippen LogP contribution is 2.45. The summed E-state index contributed by atoms with van der Waals surface area (Å²) in [6, 6.07) is 83.0. The molecule has 0 aliphatic heterocycles. The van der Waals surface area contributed by atoms with E-state index in [4.69, 9.17) is 0 Å². The molecule has 0 N–H and O–H groups in total. The summed E-state index contributed by atoms with van der Waals surface area (Å²) in [4.78, 5) is 2.41. The van der Waals surface area contributed by atoms with E-state index in [1.165, 1.54) is 60.8 Å². The molecule has 264 valence electrons. The van der Waals surface area contributed by atoms with Crippen molar-refractivity contribution in [2.24, 2.45) is 0 Å². The van der Waals surface area contributed by atoms with Crippen molar-refractivity contribution in [2.45, 2.75) is 0 Å². The number of nitrogens with zero attached hydrogens (tertiary/aromatic N) is 2. The van der Waals surface area contributed by atoms with E-state index in [0.29, 0.717) is 0 Å². The van der Waals surface area contributed by atoms with E-state index >= 15 is 0 Å². The average molecular weight is 715 g/mol. The van der Waals surface area contributed by atoms with Crippen LogP contribution < -0.4 is 4.90 Å². The van der Waals surface area contributed by atoms with Gasteiger partial charge in [-0.3, -0.25) is 0 Å². The van der Waals surface area contributed by atoms with Crippen molar-refractivity contribution in [2.75, 3.05) is 4.90 Å². The van der Waals surface area contributed by atoms with Crippen LogP contribution in [0.1, 0.15) is 0 Å². The van der Waals surface area contributed by atoms with Gasteiger partial charge in [0.25, 0.3) is 0 Å². The molecular formula is C54H38N2. The van der Waals surface area contributed by atoms with Crippen LogP contribution in [0.4, 0.5) is 17.1 Å². The van der Waals surface area contributed by atoms with E-state index in [1.807, 2.05) is 0 Å². The Labute approximate surface area is 327 Å². The third-order valence-corrected chi connectivity index (χ3v) is 10.8. The first-order chi connectivity index (χ1) is 27.8. The van der Waals surface area contributed by atoms with Crippen molar-refractivity contribution >= 4 is 38.9 Å². The summed E-state index contributed by atoms with van der Waals surface area (Å²) in [5.74, 6) is 0. The summed E-state index contributed by atoms with van der Waals surface area (Å²) in [6.07, 6.45) is 0. The fraction of sp³-hybridized carbons (Fsp3) is 0. The quantitative estimate of drug-likeness (QED) is 0.152. The zero-order valence-corrected chi connectivity index (χ0v) is 30.8. The summed E-state index contributed by atoms with van der Waals surface area (Å²) < 4.78 is 2.46. The summed E-state index contributed by atoms with van der Waals surface area (Å²) >= 11 is 0.